The summed E-state index contributed by atoms with van der Waals surface area (Å²) in [4.78, 5) is 35.3. The molecular formula is C21H27N3O4. The van der Waals surface area contributed by atoms with E-state index in [-0.39, 0.29) is 29.5 Å². The fraction of sp³-hybridized carbons (Fsp3) is 0.619. The van der Waals surface area contributed by atoms with E-state index in [9.17, 15) is 19.7 Å². The van der Waals surface area contributed by atoms with Crippen molar-refractivity contribution in [2.24, 2.45) is 23.2 Å². The third-order valence-electron chi connectivity index (χ3n) is 6.92. The Balaban J connectivity index is 1.30. The molecule has 0 radical (unpaired) electrons. The van der Waals surface area contributed by atoms with Crippen LogP contribution in [0, 0.1) is 40.2 Å². The molecule has 4 fully saturated rings. The number of benzene rings is 1. The highest BCUT2D eigenvalue weighted by atomic mass is 16.6. The van der Waals surface area contributed by atoms with Gasteiger partial charge in [-0.2, -0.15) is 0 Å². The standard InChI is InChI=1S/C21H27N3O4/c1-13-17(3-2-4-18(13)24(27)28)23-20(26)12-22-19(25)11-21-8-14-5-15(9-21)7-16(6-14)10-21/h2-4,14-16H,5-12H2,1H3,(H,22,25)(H,23,26). The SMILES string of the molecule is Cc1c(NC(=O)CNC(=O)CC23CC4CC(CC(C4)C2)C3)cccc1[N+](=O)[O-]. The number of carbonyl (C=O) groups excluding carboxylic acids is 2. The molecule has 4 bridgehead atoms. The minimum absolute atomic E-state index is 0.0383. The normalized spacial score (nSPS) is 30.1. The first-order valence-electron chi connectivity index (χ1n) is 10.1. The number of nitro benzene ring substituents is 1. The van der Waals surface area contributed by atoms with Crippen molar-refractivity contribution in [3.8, 4) is 0 Å². The third kappa shape index (κ3) is 3.75. The van der Waals surface area contributed by atoms with Crippen LogP contribution in [-0.4, -0.2) is 23.3 Å². The zero-order chi connectivity index (χ0) is 19.9. The van der Waals surface area contributed by atoms with E-state index in [1.807, 2.05) is 0 Å². The van der Waals surface area contributed by atoms with E-state index in [0.29, 0.717) is 17.7 Å². The van der Waals surface area contributed by atoms with Gasteiger partial charge in [-0.25, -0.2) is 0 Å². The Morgan fingerprint density at radius 2 is 1.71 bits per heavy atom. The summed E-state index contributed by atoms with van der Waals surface area (Å²) in [6.45, 7) is 1.48. The van der Waals surface area contributed by atoms with Crippen LogP contribution in [0.5, 0.6) is 0 Å². The van der Waals surface area contributed by atoms with E-state index in [0.717, 1.165) is 37.0 Å². The zero-order valence-corrected chi connectivity index (χ0v) is 16.2. The van der Waals surface area contributed by atoms with Gasteiger partial charge in [0, 0.05) is 12.5 Å². The lowest BCUT2D eigenvalue weighted by atomic mass is 9.49. The average Bonchev–Trinajstić information content (AvgIpc) is 2.60. The van der Waals surface area contributed by atoms with Crippen LogP contribution in [0.1, 0.15) is 50.5 Å². The summed E-state index contributed by atoms with van der Waals surface area (Å²) in [5.41, 5.74) is 0.908. The maximum atomic E-state index is 12.5. The van der Waals surface area contributed by atoms with Crippen LogP contribution < -0.4 is 10.6 Å². The highest BCUT2D eigenvalue weighted by molar-refractivity contribution is 5.95. The number of rotatable bonds is 6. The van der Waals surface area contributed by atoms with Gasteiger partial charge in [0.1, 0.15) is 0 Å². The Kier molecular flexibility index (Phi) is 4.85. The van der Waals surface area contributed by atoms with Crippen molar-refractivity contribution in [3.05, 3.63) is 33.9 Å². The maximum absolute atomic E-state index is 12.5. The van der Waals surface area contributed by atoms with Gasteiger partial charge in [-0.1, -0.05) is 6.07 Å². The zero-order valence-electron chi connectivity index (χ0n) is 16.2. The second kappa shape index (κ2) is 7.18. The number of amides is 2. The van der Waals surface area contributed by atoms with Crippen LogP contribution >= 0.6 is 0 Å². The van der Waals surface area contributed by atoms with Gasteiger partial charge >= 0.3 is 0 Å². The number of anilines is 1. The Morgan fingerprint density at radius 1 is 1.11 bits per heavy atom. The Bertz CT molecular complexity index is 785. The molecule has 0 aromatic heterocycles. The van der Waals surface area contributed by atoms with Crippen LogP contribution in [-0.2, 0) is 9.59 Å². The fourth-order valence-electron chi connectivity index (χ4n) is 6.24. The maximum Gasteiger partial charge on any atom is 0.274 e. The van der Waals surface area contributed by atoms with Gasteiger partial charge in [-0.15, -0.1) is 0 Å². The molecule has 4 aliphatic rings. The molecule has 4 aliphatic carbocycles. The Hall–Kier alpha value is -2.44. The molecule has 2 amide bonds. The molecule has 0 atom stereocenters. The summed E-state index contributed by atoms with van der Waals surface area (Å²) in [5, 5.41) is 16.4. The first-order chi connectivity index (χ1) is 13.3. The summed E-state index contributed by atoms with van der Waals surface area (Å²) >= 11 is 0. The molecule has 0 spiro atoms. The summed E-state index contributed by atoms with van der Waals surface area (Å²) in [7, 11) is 0. The molecule has 0 aliphatic heterocycles. The van der Waals surface area contributed by atoms with E-state index < -0.39 is 4.92 Å². The molecule has 1 aromatic carbocycles. The lowest BCUT2D eigenvalue weighted by molar-refractivity contribution is -0.385. The number of carbonyl (C=O) groups is 2. The molecule has 0 unspecified atom stereocenters. The van der Waals surface area contributed by atoms with Crippen molar-refractivity contribution < 1.29 is 14.5 Å². The molecule has 4 saturated carbocycles. The van der Waals surface area contributed by atoms with Crippen LogP contribution in [0.4, 0.5) is 11.4 Å². The topological polar surface area (TPSA) is 101 Å². The van der Waals surface area contributed by atoms with E-state index in [1.165, 1.54) is 31.4 Å². The lowest BCUT2D eigenvalue weighted by Crippen LogP contribution is -2.48. The smallest absolute Gasteiger partial charge is 0.274 e. The molecule has 1 aromatic rings. The molecule has 5 rings (SSSR count). The molecule has 7 heteroatoms. The van der Waals surface area contributed by atoms with Crippen molar-refractivity contribution in [2.75, 3.05) is 11.9 Å². The fourth-order valence-corrected chi connectivity index (χ4v) is 6.24. The van der Waals surface area contributed by atoms with Gasteiger partial charge < -0.3 is 10.6 Å². The minimum Gasteiger partial charge on any atom is -0.347 e. The van der Waals surface area contributed by atoms with Gasteiger partial charge in [-0.05, 0) is 74.7 Å². The van der Waals surface area contributed by atoms with E-state index in [4.69, 9.17) is 0 Å². The molecule has 7 nitrogen and oxygen atoms in total. The Labute approximate surface area is 164 Å². The Morgan fingerprint density at radius 3 is 2.29 bits per heavy atom. The van der Waals surface area contributed by atoms with Gasteiger partial charge in [0.2, 0.25) is 11.8 Å². The second-order valence-electron chi connectivity index (χ2n) is 9.13. The van der Waals surface area contributed by atoms with Crippen molar-refractivity contribution in [1.29, 1.82) is 0 Å². The van der Waals surface area contributed by atoms with Crippen molar-refractivity contribution in [3.63, 3.8) is 0 Å². The highest BCUT2D eigenvalue weighted by Crippen LogP contribution is 2.61. The number of hydrogen-bond acceptors (Lipinski definition) is 4. The second-order valence-corrected chi connectivity index (χ2v) is 9.13. The number of hydrogen-bond donors (Lipinski definition) is 2. The summed E-state index contributed by atoms with van der Waals surface area (Å²) in [6.07, 6.45) is 8.01. The van der Waals surface area contributed by atoms with Crippen LogP contribution in [0.25, 0.3) is 0 Å². The minimum atomic E-state index is -0.474. The first kappa shape index (κ1) is 18.9. The molecule has 28 heavy (non-hydrogen) atoms. The van der Waals surface area contributed by atoms with Crippen LogP contribution in [0.3, 0.4) is 0 Å². The largest absolute Gasteiger partial charge is 0.347 e. The van der Waals surface area contributed by atoms with Gasteiger partial charge in [0.25, 0.3) is 5.69 Å². The predicted octanol–water partition coefficient (Wildman–Crippen LogP) is 3.56. The quantitative estimate of drug-likeness (QED) is 0.577. The van der Waals surface area contributed by atoms with E-state index in [2.05, 4.69) is 10.6 Å². The lowest BCUT2D eigenvalue weighted by Gasteiger charge is -2.56. The number of nitro groups is 1. The van der Waals surface area contributed by atoms with Crippen LogP contribution in [0.15, 0.2) is 18.2 Å². The molecule has 2 N–H and O–H groups in total. The van der Waals surface area contributed by atoms with E-state index in [1.54, 1.807) is 13.0 Å². The van der Waals surface area contributed by atoms with Gasteiger partial charge in [-0.3, -0.25) is 19.7 Å². The predicted molar refractivity (Wildman–Crippen MR) is 105 cm³/mol. The first-order valence-corrected chi connectivity index (χ1v) is 10.1. The highest BCUT2D eigenvalue weighted by Gasteiger charge is 2.51. The molecule has 0 saturated heterocycles. The van der Waals surface area contributed by atoms with Gasteiger partial charge in [0.05, 0.1) is 22.7 Å². The monoisotopic (exact) mass is 385 g/mol. The summed E-state index contributed by atoms with van der Waals surface area (Å²) in [6, 6.07) is 4.56. The van der Waals surface area contributed by atoms with Crippen molar-refractivity contribution >= 4 is 23.2 Å². The average molecular weight is 385 g/mol. The molecule has 0 heterocycles. The van der Waals surface area contributed by atoms with Crippen molar-refractivity contribution in [2.45, 2.75) is 51.9 Å². The van der Waals surface area contributed by atoms with E-state index >= 15 is 0 Å². The van der Waals surface area contributed by atoms with Crippen molar-refractivity contribution in [1.82, 2.24) is 5.32 Å². The van der Waals surface area contributed by atoms with Gasteiger partial charge in [0.15, 0.2) is 0 Å². The molecule has 150 valence electrons. The number of nitrogens with one attached hydrogen (secondary N) is 2. The third-order valence-corrected chi connectivity index (χ3v) is 6.92. The number of nitrogens with zero attached hydrogens (tertiary/aromatic N) is 1. The summed E-state index contributed by atoms with van der Waals surface area (Å²) < 4.78 is 0. The summed E-state index contributed by atoms with van der Waals surface area (Å²) in [5.74, 6) is 1.94. The molecular weight excluding hydrogens is 358 g/mol. The van der Waals surface area contributed by atoms with Crippen LogP contribution in [0.2, 0.25) is 0 Å².